The Balaban J connectivity index is 2.07. The van der Waals surface area contributed by atoms with Crippen LogP contribution in [0.4, 0.5) is 0 Å². The van der Waals surface area contributed by atoms with Gasteiger partial charge in [0.25, 0.3) is 0 Å². The van der Waals surface area contributed by atoms with Crippen molar-refractivity contribution in [3.05, 3.63) is 12.2 Å². The molecule has 2 aliphatic carbocycles. The van der Waals surface area contributed by atoms with Crippen molar-refractivity contribution in [2.45, 2.75) is 32.6 Å². The van der Waals surface area contributed by atoms with Crippen LogP contribution in [-0.2, 0) is 0 Å². The molecule has 1 fully saturated rings. The van der Waals surface area contributed by atoms with E-state index < -0.39 is 0 Å². The van der Waals surface area contributed by atoms with E-state index in [0.717, 1.165) is 17.8 Å². The van der Waals surface area contributed by atoms with Crippen LogP contribution in [0.3, 0.4) is 0 Å². The molecule has 0 aromatic rings. The Bertz CT molecular complexity index is 146. The Morgan fingerprint density at radius 1 is 1.40 bits per heavy atom. The van der Waals surface area contributed by atoms with Crippen molar-refractivity contribution in [2.75, 3.05) is 0 Å². The van der Waals surface area contributed by atoms with Crippen LogP contribution in [0.15, 0.2) is 12.2 Å². The van der Waals surface area contributed by atoms with Crippen LogP contribution in [0, 0.1) is 17.8 Å². The Kier molecular flexibility index (Phi) is 1.55. The summed E-state index contributed by atoms with van der Waals surface area (Å²) in [6.07, 6.45) is 10.6. The van der Waals surface area contributed by atoms with Crippen LogP contribution >= 0.6 is 0 Å². The minimum absolute atomic E-state index is 0.977. The first-order chi connectivity index (χ1) is 4.92. The number of hydrogen-bond acceptors (Lipinski definition) is 0. The first-order valence-electron chi connectivity index (χ1n) is 4.58. The van der Waals surface area contributed by atoms with E-state index >= 15 is 0 Å². The fraction of sp³-hybridized carbons (Fsp3) is 0.800. The van der Waals surface area contributed by atoms with Crippen molar-refractivity contribution in [1.82, 2.24) is 0 Å². The molecule has 56 valence electrons. The summed E-state index contributed by atoms with van der Waals surface area (Å²) in [6, 6.07) is 0. The van der Waals surface area contributed by atoms with E-state index in [1.165, 1.54) is 25.7 Å². The zero-order valence-electron chi connectivity index (χ0n) is 6.72. The van der Waals surface area contributed by atoms with Gasteiger partial charge in [0.15, 0.2) is 0 Å². The summed E-state index contributed by atoms with van der Waals surface area (Å²) in [5, 5.41) is 0. The maximum absolute atomic E-state index is 2.46. The monoisotopic (exact) mass is 136 g/mol. The summed E-state index contributed by atoms with van der Waals surface area (Å²) < 4.78 is 0. The molecule has 0 bridgehead atoms. The topological polar surface area (TPSA) is 0 Å². The average molecular weight is 136 g/mol. The second kappa shape index (κ2) is 2.41. The van der Waals surface area contributed by atoms with Gasteiger partial charge in [-0.05, 0) is 37.0 Å². The van der Waals surface area contributed by atoms with E-state index in [2.05, 4.69) is 19.1 Å². The molecule has 0 aliphatic heterocycles. The Morgan fingerprint density at radius 2 is 2.30 bits per heavy atom. The number of rotatable bonds is 1. The number of allylic oxidation sites excluding steroid dienone is 2. The van der Waals surface area contributed by atoms with Crippen molar-refractivity contribution in [1.29, 1.82) is 0 Å². The molecule has 0 heteroatoms. The van der Waals surface area contributed by atoms with E-state index in [4.69, 9.17) is 0 Å². The van der Waals surface area contributed by atoms with Crippen molar-refractivity contribution in [2.24, 2.45) is 17.8 Å². The number of hydrogen-bond donors (Lipinski definition) is 0. The third kappa shape index (κ3) is 0.817. The second-order valence-electron chi connectivity index (χ2n) is 3.75. The fourth-order valence-corrected chi connectivity index (χ4v) is 2.67. The Morgan fingerprint density at radius 3 is 3.10 bits per heavy atom. The van der Waals surface area contributed by atoms with Gasteiger partial charge in [-0.2, -0.15) is 0 Å². The van der Waals surface area contributed by atoms with Crippen LogP contribution in [0.25, 0.3) is 0 Å². The van der Waals surface area contributed by atoms with E-state index in [0.29, 0.717) is 0 Å². The van der Waals surface area contributed by atoms with Crippen molar-refractivity contribution < 1.29 is 0 Å². The summed E-state index contributed by atoms with van der Waals surface area (Å²) >= 11 is 0. The van der Waals surface area contributed by atoms with Gasteiger partial charge < -0.3 is 0 Å². The molecule has 3 unspecified atom stereocenters. The van der Waals surface area contributed by atoms with Crippen molar-refractivity contribution in [3.63, 3.8) is 0 Å². The van der Waals surface area contributed by atoms with Gasteiger partial charge in [0.1, 0.15) is 0 Å². The molecule has 3 atom stereocenters. The smallest absolute Gasteiger partial charge is 0.0174 e. The minimum atomic E-state index is 0.977. The highest BCUT2D eigenvalue weighted by Crippen LogP contribution is 2.44. The van der Waals surface area contributed by atoms with Gasteiger partial charge in [-0.3, -0.25) is 0 Å². The van der Waals surface area contributed by atoms with Gasteiger partial charge in [0, 0.05) is 0 Å². The van der Waals surface area contributed by atoms with Crippen LogP contribution < -0.4 is 0 Å². The Hall–Kier alpha value is -0.260. The highest BCUT2D eigenvalue weighted by atomic mass is 14.4. The zero-order chi connectivity index (χ0) is 6.97. The molecular weight excluding hydrogens is 120 g/mol. The van der Waals surface area contributed by atoms with E-state index in [-0.39, 0.29) is 0 Å². The lowest BCUT2D eigenvalue weighted by Gasteiger charge is -2.14. The third-order valence-electron chi connectivity index (χ3n) is 3.32. The maximum atomic E-state index is 2.46. The van der Waals surface area contributed by atoms with Gasteiger partial charge in [-0.1, -0.05) is 25.5 Å². The van der Waals surface area contributed by atoms with Gasteiger partial charge in [-0.15, -0.1) is 0 Å². The molecule has 0 aromatic heterocycles. The number of fused-ring (bicyclic) bond motifs is 1. The molecular formula is C10H16. The zero-order valence-corrected chi connectivity index (χ0v) is 6.72. The normalized spacial score (nSPS) is 44.3. The summed E-state index contributed by atoms with van der Waals surface area (Å²) in [6.45, 7) is 2.33. The molecule has 0 radical (unpaired) electrons. The SMILES string of the molecule is CCC1CCC2CC=CC12. The lowest BCUT2D eigenvalue weighted by molar-refractivity contribution is 0.394. The van der Waals surface area contributed by atoms with Gasteiger partial charge in [-0.25, -0.2) is 0 Å². The first-order valence-corrected chi connectivity index (χ1v) is 4.58. The molecule has 0 N–H and O–H groups in total. The predicted octanol–water partition coefficient (Wildman–Crippen LogP) is 3.00. The maximum Gasteiger partial charge on any atom is -0.0174 e. The van der Waals surface area contributed by atoms with Gasteiger partial charge in [0.2, 0.25) is 0 Å². The quantitative estimate of drug-likeness (QED) is 0.486. The molecule has 0 amide bonds. The van der Waals surface area contributed by atoms with Crippen LogP contribution in [-0.4, -0.2) is 0 Å². The van der Waals surface area contributed by atoms with Gasteiger partial charge >= 0.3 is 0 Å². The average Bonchev–Trinajstić information content (AvgIpc) is 2.44. The molecule has 0 aromatic carbocycles. The van der Waals surface area contributed by atoms with Crippen LogP contribution in [0.1, 0.15) is 32.6 Å². The first kappa shape index (κ1) is 6.45. The largest absolute Gasteiger partial charge is 0.0879 e. The second-order valence-corrected chi connectivity index (χ2v) is 3.75. The third-order valence-corrected chi connectivity index (χ3v) is 3.32. The van der Waals surface area contributed by atoms with Crippen molar-refractivity contribution in [3.8, 4) is 0 Å². The summed E-state index contributed by atoms with van der Waals surface area (Å²) in [5.41, 5.74) is 0. The van der Waals surface area contributed by atoms with E-state index in [1.807, 2.05) is 0 Å². The highest BCUT2D eigenvalue weighted by Gasteiger charge is 2.34. The highest BCUT2D eigenvalue weighted by molar-refractivity contribution is 5.06. The lowest BCUT2D eigenvalue weighted by atomic mass is 9.91. The summed E-state index contributed by atoms with van der Waals surface area (Å²) in [5.74, 6) is 3.05. The molecule has 0 saturated heterocycles. The Labute approximate surface area is 63.3 Å². The molecule has 10 heavy (non-hydrogen) atoms. The van der Waals surface area contributed by atoms with Crippen LogP contribution in [0.2, 0.25) is 0 Å². The predicted molar refractivity (Wildman–Crippen MR) is 43.8 cm³/mol. The molecule has 0 spiro atoms. The molecule has 0 heterocycles. The van der Waals surface area contributed by atoms with Crippen molar-refractivity contribution >= 4 is 0 Å². The van der Waals surface area contributed by atoms with Gasteiger partial charge in [0.05, 0.1) is 0 Å². The summed E-state index contributed by atoms with van der Waals surface area (Å²) in [7, 11) is 0. The van der Waals surface area contributed by atoms with Crippen LogP contribution in [0.5, 0.6) is 0 Å². The molecule has 0 nitrogen and oxygen atoms in total. The molecule has 1 saturated carbocycles. The minimum Gasteiger partial charge on any atom is -0.0879 e. The molecule has 2 rings (SSSR count). The van der Waals surface area contributed by atoms with E-state index in [9.17, 15) is 0 Å². The standard InChI is InChI=1S/C10H16/c1-2-8-6-7-9-4-3-5-10(8)9/h3,5,8-10H,2,4,6-7H2,1H3. The fourth-order valence-electron chi connectivity index (χ4n) is 2.67. The lowest BCUT2D eigenvalue weighted by Crippen LogP contribution is -2.06. The summed E-state index contributed by atoms with van der Waals surface area (Å²) in [4.78, 5) is 0. The molecule has 2 aliphatic rings. The van der Waals surface area contributed by atoms with E-state index in [1.54, 1.807) is 0 Å².